The fraction of sp³-hybridized carbons (Fsp3) is 0.700. The van der Waals surface area contributed by atoms with E-state index in [1.54, 1.807) is 6.08 Å². The number of allylic oxidation sites excluding steroid dienone is 5. The molecule has 2 fully saturated rings. The normalized spacial score (nSPS) is 29.5. The summed E-state index contributed by atoms with van der Waals surface area (Å²) in [5.41, 5.74) is -2.87. The predicted octanol–water partition coefficient (Wildman–Crippen LogP) is 7.48. The van der Waals surface area contributed by atoms with E-state index >= 15 is 0 Å². The van der Waals surface area contributed by atoms with Crippen LogP contribution in [0.15, 0.2) is 34.9 Å². The number of ether oxygens (including phenoxy) is 3. The van der Waals surface area contributed by atoms with Crippen molar-refractivity contribution < 1.29 is 54.9 Å². The first-order valence-electron chi connectivity index (χ1n) is 14.1. The lowest BCUT2D eigenvalue weighted by Gasteiger charge is -2.44. The van der Waals surface area contributed by atoms with E-state index in [-0.39, 0.29) is 5.92 Å². The third-order valence-electron chi connectivity index (χ3n) is 8.67. The van der Waals surface area contributed by atoms with Gasteiger partial charge in [0.2, 0.25) is 0 Å². The van der Waals surface area contributed by atoms with E-state index in [2.05, 4.69) is 4.74 Å². The lowest BCUT2D eigenvalue weighted by molar-refractivity contribution is -0.373. The van der Waals surface area contributed by atoms with Crippen molar-refractivity contribution in [1.82, 2.24) is 0 Å². The summed E-state index contributed by atoms with van der Waals surface area (Å²) in [5, 5.41) is 0. The van der Waals surface area contributed by atoms with Gasteiger partial charge in [-0.05, 0) is 42.9 Å². The van der Waals surface area contributed by atoms with Gasteiger partial charge in [0.05, 0.1) is 0 Å². The van der Waals surface area contributed by atoms with Gasteiger partial charge in [-0.25, -0.2) is 0 Å². The number of esters is 3. The molecule has 0 aromatic carbocycles. The van der Waals surface area contributed by atoms with Crippen molar-refractivity contribution in [2.24, 2.45) is 17.3 Å². The molecule has 5 atom stereocenters. The summed E-state index contributed by atoms with van der Waals surface area (Å²) in [6.07, 6.45) is -4.80. The Morgan fingerprint density at radius 3 is 1.98 bits per heavy atom. The first kappa shape index (κ1) is 33.7. The van der Waals surface area contributed by atoms with Crippen LogP contribution >= 0.6 is 0 Å². The molecular formula is C30H38F6O6. The summed E-state index contributed by atoms with van der Waals surface area (Å²) >= 11 is 0. The number of rotatable bonds is 7. The van der Waals surface area contributed by atoms with E-state index in [1.165, 1.54) is 20.8 Å². The minimum Gasteiger partial charge on any atom is -0.462 e. The van der Waals surface area contributed by atoms with Crippen molar-refractivity contribution in [3.05, 3.63) is 34.9 Å². The summed E-state index contributed by atoms with van der Waals surface area (Å²) in [6.45, 7) is 6.33. The number of hydrogen-bond acceptors (Lipinski definition) is 6. The molecule has 236 valence electrons. The maximum atomic E-state index is 14.0. The minimum absolute atomic E-state index is 0.127. The summed E-state index contributed by atoms with van der Waals surface area (Å²) in [7, 11) is 0. The molecule has 2 saturated carbocycles. The highest BCUT2D eigenvalue weighted by atomic mass is 19.4. The van der Waals surface area contributed by atoms with Crippen LogP contribution in [0.1, 0.15) is 86.0 Å². The second kappa shape index (κ2) is 12.4. The lowest BCUT2D eigenvalue weighted by atomic mass is 9.61. The second-order valence-corrected chi connectivity index (χ2v) is 11.9. The molecule has 0 aliphatic heterocycles. The molecule has 0 spiro atoms. The molecule has 3 rings (SSSR count). The highest BCUT2D eigenvalue weighted by molar-refractivity contribution is 5.67. The Kier molecular flexibility index (Phi) is 9.99. The molecule has 0 amide bonds. The zero-order chi connectivity index (χ0) is 31.7. The van der Waals surface area contributed by atoms with Crippen LogP contribution in [0.4, 0.5) is 26.3 Å². The van der Waals surface area contributed by atoms with Crippen LogP contribution in [0.25, 0.3) is 0 Å². The zero-order valence-electron chi connectivity index (χ0n) is 24.4. The number of carbonyl (C=O) groups excluding carboxylic acids is 3. The largest absolute Gasteiger partial charge is 0.462 e. The molecule has 42 heavy (non-hydrogen) atoms. The Morgan fingerprint density at radius 2 is 1.50 bits per heavy atom. The molecule has 0 radical (unpaired) electrons. The Morgan fingerprint density at radius 1 is 0.952 bits per heavy atom. The van der Waals surface area contributed by atoms with E-state index in [0.717, 1.165) is 11.1 Å². The van der Waals surface area contributed by atoms with Crippen molar-refractivity contribution in [1.29, 1.82) is 0 Å². The minimum atomic E-state index is -5.86. The van der Waals surface area contributed by atoms with Gasteiger partial charge in [-0.2, -0.15) is 26.3 Å². The Hall–Kier alpha value is -2.79. The van der Waals surface area contributed by atoms with Gasteiger partial charge in [-0.3, -0.25) is 14.4 Å². The van der Waals surface area contributed by atoms with Crippen molar-refractivity contribution in [3.8, 4) is 0 Å². The van der Waals surface area contributed by atoms with Gasteiger partial charge in [0.1, 0.15) is 12.2 Å². The molecular weight excluding hydrogens is 570 g/mol. The number of carbonyl (C=O) groups is 3. The number of alkyl halides is 6. The number of hydrogen-bond donors (Lipinski definition) is 0. The molecule has 0 bridgehead atoms. The van der Waals surface area contributed by atoms with Crippen LogP contribution in [0.5, 0.6) is 0 Å². The van der Waals surface area contributed by atoms with Crippen molar-refractivity contribution >= 4 is 17.9 Å². The van der Waals surface area contributed by atoms with E-state index < -0.39 is 65.8 Å². The fourth-order valence-electron chi connectivity index (χ4n) is 7.09. The average molecular weight is 609 g/mol. The second-order valence-electron chi connectivity index (χ2n) is 11.9. The Bertz CT molecular complexity index is 1110. The summed E-state index contributed by atoms with van der Waals surface area (Å²) < 4.78 is 98.5. The lowest BCUT2D eigenvalue weighted by Crippen LogP contribution is -2.60. The quantitative estimate of drug-likeness (QED) is 0.129. The van der Waals surface area contributed by atoms with Gasteiger partial charge in [0, 0.05) is 46.5 Å². The third kappa shape index (κ3) is 7.22. The van der Waals surface area contributed by atoms with Crippen LogP contribution < -0.4 is 0 Å². The van der Waals surface area contributed by atoms with Crippen LogP contribution in [-0.2, 0) is 28.6 Å². The van der Waals surface area contributed by atoms with Gasteiger partial charge in [0.15, 0.2) is 0 Å². The van der Waals surface area contributed by atoms with Gasteiger partial charge in [-0.1, -0.05) is 48.8 Å². The van der Waals surface area contributed by atoms with Crippen molar-refractivity contribution in [2.45, 2.75) is 116 Å². The summed E-state index contributed by atoms with van der Waals surface area (Å²) in [5.74, 6) is -3.86. The molecule has 12 heteroatoms. The standard InChI is InChI=1S/C30H38F6O6/c1-17(16-28(29(31,32)33,30(34,35)36)42-20(4)39)25-10-11-26-22(7-6-12-27(25,26)5)9-8-21-13-23(40-18(2)37)15-24(14-21)41-19(3)38/h8-10,17,23-24,26H,6-7,11-16H2,1-5H3/b21-8?,22-9+/t17?,23-,24?,26?,27-/m1/s1. The predicted molar refractivity (Wildman–Crippen MR) is 140 cm³/mol. The van der Waals surface area contributed by atoms with Crippen molar-refractivity contribution in [3.63, 3.8) is 0 Å². The molecule has 0 heterocycles. The molecule has 3 aliphatic rings. The molecule has 0 saturated heterocycles. The number of fused-ring (bicyclic) bond motifs is 1. The van der Waals surface area contributed by atoms with Crippen LogP contribution in [0.3, 0.4) is 0 Å². The summed E-state index contributed by atoms with van der Waals surface area (Å²) in [6, 6.07) is 0. The smallest absolute Gasteiger partial charge is 0.437 e. The first-order chi connectivity index (χ1) is 19.3. The maximum absolute atomic E-state index is 14.0. The molecule has 3 aliphatic carbocycles. The van der Waals surface area contributed by atoms with Gasteiger partial charge >= 0.3 is 35.9 Å². The monoisotopic (exact) mass is 608 g/mol. The molecule has 3 unspecified atom stereocenters. The molecule has 0 aromatic heterocycles. The SMILES string of the molecule is CC(=O)OC1CC(=C/C=C2\CCC[C@]3(C)C(C(C)CC(OC(C)=O)(C(F)(F)F)C(F)(F)F)=CCC23)C[C@@H](OC(C)=O)C1. The average Bonchev–Trinajstić information content (AvgIpc) is 3.17. The first-order valence-corrected chi connectivity index (χ1v) is 14.1. The van der Waals surface area contributed by atoms with Crippen LogP contribution in [0.2, 0.25) is 0 Å². The Labute approximate surface area is 241 Å². The molecule has 6 nitrogen and oxygen atoms in total. The highest BCUT2D eigenvalue weighted by Gasteiger charge is 2.74. The molecule has 0 aromatic rings. The molecule has 0 N–H and O–H groups in total. The number of halogens is 6. The zero-order valence-corrected chi connectivity index (χ0v) is 24.4. The topological polar surface area (TPSA) is 78.9 Å². The van der Waals surface area contributed by atoms with E-state index in [0.29, 0.717) is 57.4 Å². The van der Waals surface area contributed by atoms with E-state index in [9.17, 15) is 40.7 Å². The maximum Gasteiger partial charge on any atom is 0.437 e. The van der Waals surface area contributed by atoms with Crippen LogP contribution in [0, 0.1) is 17.3 Å². The van der Waals surface area contributed by atoms with E-state index in [1.807, 2.05) is 19.1 Å². The van der Waals surface area contributed by atoms with Gasteiger partial charge in [-0.15, -0.1) is 0 Å². The van der Waals surface area contributed by atoms with E-state index in [4.69, 9.17) is 9.47 Å². The van der Waals surface area contributed by atoms with Crippen LogP contribution in [-0.4, -0.2) is 48.1 Å². The Balaban J connectivity index is 1.87. The third-order valence-corrected chi connectivity index (χ3v) is 8.67. The highest BCUT2D eigenvalue weighted by Crippen LogP contribution is 2.59. The van der Waals surface area contributed by atoms with Crippen molar-refractivity contribution in [2.75, 3.05) is 0 Å². The fourth-order valence-corrected chi connectivity index (χ4v) is 7.09. The van der Waals surface area contributed by atoms with Gasteiger partial charge < -0.3 is 14.2 Å². The van der Waals surface area contributed by atoms with Gasteiger partial charge in [0.25, 0.3) is 0 Å². The summed E-state index contributed by atoms with van der Waals surface area (Å²) in [4.78, 5) is 34.5.